The van der Waals surface area contributed by atoms with Crippen LogP contribution in [0.3, 0.4) is 0 Å². The molecule has 1 aliphatic rings. The van der Waals surface area contributed by atoms with Gasteiger partial charge in [-0.25, -0.2) is 4.79 Å². The van der Waals surface area contributed by atoms with Crippen LogP contribution in [0.1, 0.15) is 46.6 Å². The van der Waals surface area contributed by atoms with Crippen LogP contribution in [0.4, 0.5) is 0 Å². The average Bonchev–Trinajstić information content (AvgIpc) is 3.14. The number of furan rings is 1. The molecule has 112 valence electrons. The molecule has 0 saturated heterocycles. The van der Waals surface area contributed by atoms with Crippen molar-refractivity contribution in [3.05, 3.63) is 29.0 Å². The van der Waals surface area contributed by atoms with Gasteiger partial charge in [0.15, 0.2) is 5.16 Å². The summed E-state index contributed by atoms with van der Waals surface area (Å²) in [6, 6.07) is 2.28. The topological polar surface area (TPSA) is 70.2 Å². The van der Waals surface area contributed by atoms with Crippen LogP contribution >= 0.6 is 11.8 Å². The molecule has 0 unspecified atom stereocenters. The number of carbonyl (C=O) groups excluding carboxylic acids is 1. The summed E-state index contributed by atoms with van der Waals surface area (Å²) in [5.74, 6) is 2.51. The van der Waals surface area contributed by atoms with E-state index < -0.39 is 0 Å². The van der Waals surface area contributed by atoms with Gasteiger partial charge in [-0.3, -0.25) is 0 Å². The third-order valence-electron chi connectivity index (χ3n) is 3.46. The van der Waals surface area contributed by atoms with Crippen molar-refractivity contribution >= 4 is 17.7 Å². The lowest BCUT2D eigenvalue weighted by molar-refractivity contribution is 0.0599. The van der Waals surface area contributed by atoms with E-state index in [9.17, 15) is 4.79 Å². The van der Waals surface area contributed by atoms with Gasteiger partial charge in [-0.1, -0.05) is 11.8 Å². The van der Waals surface area contributed by atoms with E-state index in [2.05, 4.69) is 14.8 Å². The van der Waals surface area contributed by atoms with Crippen LogP contribution in [0, 0.1) is 13.8 Å². The molecule has 0 amide bonds. The zero-order chi connectivity index (χ0) is 15.0. The van der Waals surface area contributed by atoms with E-state index in [0.717, 1.165) is 16.7 Å². The lowest BCUT2D eigenvalue weighted by Gasteiger charge is -2.04. The average molecular weight is 307 g/mol. The van der Waals surface area contributed by atoms with Gasteiger partial charge in [0.05, 0.1) is 12.9 Å². The smallest absolute Gasteiger partial charge is 0.341 e. The van der Waals surface area contributed by atoms with Crippen molar-refractivity contribution in [3.8, 4) is 0 Å². The molecule has 1 aliphatic carbocycles. The third kappa shape index (κ3) is 2.83. The lowest BCUT2D eigenvalue weighted by atomic mass is 10.2. The van der Waals surface area contributed by atoms with Gasteiger partial charge in [0, 0.05) is 6.04 Å². The highest BCUT2D eigenvalue weighted by Gasteiger charge is 2.28. The monoisotopic (exact) mass is 307 g/mol. The number of aryl methyl sites for hydroxylation is 2. The second kappa shape index (κ2) is 5.55. The Kier molecular flexibility index (Phi) is 3.75. The lowest BCUT2D eigenvalue weighted by Crippen LogP contribution is -2.00. The molecule has 2 aromatic rings. The summed E-state index contributed by atoms with van der Waals surface area (Å²) in [6.45, 7) is 3.74. The standard InChI is InChI=1S/C14H17N3O3S/c1-8-12(13(18)19-3)6-11(20-8)7-21-14-16-15-9(2)17(14)10-4-5-10/h6,10H,4-5,7H2,1-3H3. The molecular weight excluding hydrogens is 290 g/mol. The highest BCUT2D eigenvalue weighted by Crippen LogP contribution is 2.39. The Morgan fingerprint density at radius 2 is 2.24 bits per heavy atom. The van der Waals surface area contributed by atoms with Gasteiger partial charge in [-0.15, -0.1) is 10.2 Å². The molecule has 0 atom stereocenters. The summed E-state index contributed by atoms with van der Waals surface area (Å²) in [4.78, 5) is 11.6. The maximum Gasteiger partial charge on any atom is 0.341 e. The number of esters is 1. The summed E-state index contributed by atoms with van der Waals surface area (Å²) in [5.41, 5.74) is 0.480. The van der Waals surface area contributed by atoms with Crippen molar-refractivity contribution < 1.29 is 13.9 Å². The van der Waals surface area contributed by atoms with Gasteiger partial charge in [0.1, 0.15) is 22.9 Å². The molecule has 2 aromatic heterocycles. The van der Waals surface area contributed by atoms with Crippen LogP contribution in [0.15, 0.2) is 15.6 Å². The van der Waals surface area contributed by atoms with E-state index in [-0.39, 0.29) is 5.97 Å². The van der Waals surface area contributed by atoms with E-state index in [4.69, 9.17) is 9.15 Å². The van der Waals surface area contributed by atoms with E-state index in [1.54, 1.807) is 24.8 Å². The highest BCUT2D eigenvalue weighted by molar-refractivity contribution is 7.98. The Bertz CT molecular complexity index is 673. The van der Waals surface area contributed by atoms with Gasteiger partial charge in [0.2, 0.25) is 0 Å². The molecule has 0 N–H and O–H groups in total. The number of carbonyl (C=O) groups is 1. The normalized spacial score (nSPS) is 14.4. The maximum atomic E-state index is 11.6. The molecule has 21 heavy (non-hydrogen) atoms. The first-order valence-corrected chi connectivity index (χ1v) is 7.80. The van der Waals surface area contributed by atoms with Crippen LogP contribution in [0.25, 0.3) is 0 Å². The molecule has 0 spiro atoms. The minimum atomic E-state index is -0.371. The van der Waals surface area contributed by atoms with E-state index >= 15 is 0 Å². The molecule has 0 aromatic carbocycles. The Hall–Kier alpha value is -1.76. The fourth-order valence-electron chi connectivity index (χ4n) is 2.26. The Balaban J connectivity index is 1.72. The number of hydrogen-bond acceptors (Lipinski definition) is 6. The number of nitrogens with zero attached hydrogens (tertiary/aromatic N) is 3. The van der Waals surface area contributed by atoms with Gasteiger partial charge in [-0.2, -0.15) is 0 Å². The minimum absolute atomic E-state index is 0.371. The summed E-state index contributed by atoms with van der Waals surface area (Å²) in [7, 11) is 1.37. The van der Waals surface area contributed by atoms with Gasteiger partial charge < -0.3 is 13.7 Å². The predicted octanol–water partition coefficient (Wildman–Crippen LogP) is 2.90. The van der Waals surface area contributed by atoms with Gasteiger partial charge >= 0.3 is 5.97 Å². The number of rotatable bonds is 5. The number of hydrogen-bond donors (Lipinski definition) is 0. The molecule has 1 saturated carbocycles. The van der Waals surface area contributed by atoms with Gasteiger partial charge in [-0.05, 0) is 32.8 Å². The van der Waals surface area contributed by atoms with Crippen molar-refractivity contribution in [1.82, 2.24) is 14.8 Å². The van der Waals surface area contributed by atoms with Crippen LogP contribution in [-0.2, 0) is 10.5 Å². The first-order valence-electron chi connectivity index (χ1n) is 6.82. The van der Waals surface area contributed by atoms with Crippen LogP contribution in [0.5, 0.6) is 0 Å². The fraction of sp³-hybridized carbons (Fsp3) is 0.500. The number of thioether (sulfide) groups is 1. The Labute approximate surface area is 126 Å². The molecule has 0 radical (unpaired) electrons. The van der Waals surface area contributed by atoms with E-state index in [1.807, 2.05) is 6.92 Å². The molecule has 6 nitrogen and oxygen atoms in total. The van der Waals surface area contributed by atoms with Crippen molar-refractivity contribution in [2.24, 2.45) is 0 Å². The van der Waals surface area contributed by atoms with Crippen molar-refractivity contribution in [3.63, 3.8) is 0 Å². The van der Waals surface area contributed by atoms with E-state index in [1.165, 1.54) is 20.0 Å². The first-order chi connectivity index (χ1) is 10.1. The van der Waals surface area contributed by atoms with Gasteiger partial charge in [0.25, 0.3) is 0 Å². The van der Waals surface area contributed by atoms with Crippen molar-refractivity contribution in [2.75, 3.05) is 7.11 Å². The molecule has 2 heterocycles. The molecule has 1 fully saturated rings. The number of methoxy groups -OCH3 is 1. The minimum Gasteiger partial charge on any atom is -0.465 e. The SMILES string of the molecule is COC(=O)c1cc(CSc2nnc(C)n2C2CC2)oc1C. The van der Waals surface area contributed by atoms with E-state index in [0.29, 0.717) is 23.1 Å². The Morgan fingerprint density at radius 3 is 2.90 bits per heavy atom. The summed E-state index contributed by atoms with van der Waals surface area (Å²) in [6.07, 6.45) is 2.39. The second-order valence-electron chi connectivity index (χ2n) is 5.09. The Morgan fingerprint density at radius 1 is 1.48 bits per heavy atom. The zero-order valence-corrected chi connectivity index (χ0v) is 13.1. The van der Waals surface area contributed by atoms with Crippen LogP contribution < -0.4 is 0 Å². The highest BCUT2D eigenvalue weighted by atomic mass is 32.2. The molecule has 0 bridgehead atoms. The second-order valence-corrected chi connectivity index (χ2v) is 6.04. The number of ether oxygens (including phenoxy) is 1. The zero-order valence-electron chi connectivity index (χ0n) is 12.3. The van der Waals surface area contributed by atoms with Crippen molar-refractivity contribution in [1.29, 1.82) is 0 Å². The molecule has 3 rings (SSSR count). The van der Waals surface area contributed by atoms with Crippen LogP contribution in [0.2, 0.25) is 0 Å². The quantitative estimate of drug-likeness (QED) is 0.625. The maximum absolute atomic E-state index is 11.6. The number of aromatic nitrogens is 3. The third-order valence-corrected chi connectivity index (χ3v) is 4.43. The summed E-state index contributed by atoms with van der Waals surface area (Å²) >= 11 is 1.57. The van der Waals surface area contributed by atoms with Crippen LogP contribution in [-0.4, -0.2) is 27.8 Å². The summed E-state index contributed by atoms with van der Waals surface area (Å²) in [5, 5.41) is 9.26. The molecule has 0 aliphatic heterocycles. The first kappa shape index (κ1) is 14.2. The van der Waals surface area contributed by atoms with Crippen molar-refractivity contribution in [2.45, 2.75) is 43.6 Å². The molecular formula is C14H17N3O3S. The predicted molar refractivity (Wildman–Crippen MR) is 77.4 cm³/mol. The molecule has 7 heteroatoms. The largest absolute Gasteiger partial charge is 0.465 e. The summed E-state index contributed by atoms with van der Waals surface area (Å²) < 4.78 is 12.5. The fourth-order valence-corrected chi connectivity index (χ4v) is 3.20.